The Morgan fingerprint density at radius 1 is 1.40 bits per heavy atom. The molecule has 2 heterocycles. The van der Waals surface area contributed by atoms with Crippen LogP contribution in [-0.2, 0) is 6.54 Å². The molecule has 0 aliphatic heterocycles. The molecule has 1 amide bonds. The summed E-state index contributed by atoms with van der Waals surface area (Å²) in [5.74, 6) is 4.63. The lowest BCUT2D eigenvalue weighted by Crippen LogP contribution is -2.29. The van der Waals surface area contributed by atoms with E-state index in [0.29, 0.717) is 5.76 Å². The van der Waals surface area contributed by atoms with Crippen LogP contribution in [0.2, 0.25) is 0 Å². The highest BCUT2D eigenvalue weighted by Crippen LogP contribution is 2.11. The minimum Gasteiger partial charge on any atom is -0.454 e. The molecule has 2 rings (SSSR count). The molecule has 0 radical (unpaired) electrons. The average Bonchev–Trinajstić information content (AvgIpc) is 2.88. The predicted molar refractivity (Wildman–Crippen MR) is 66.8 cm³/mol. The van der Waals surface area contributed by atoms with Crippen LogP contribution >= 0.6 is 0 Å². The number of nitrogens with two attached hydrogens (primary N) is 1. The van der Waals surface area contributed by atoms with Crippen LogP contribution in [0.4, 0.5) is 5.69 Å². The van der Waals surface area contributed by atoms with Crippen LogP contribution in [-0.4, -0.2) is 15.4 Å². The Balaban J connectivity index is 2.28. The van der Waals surface area contributed by atoms with Gasteiger partial charge >= 0.3 is 5.91 Å². The second-order valence-corrected chi connectivity index (χ2v) is 3.85. The fourth-order valence-corrected chi connectivity index (χ4v) is 1.57. The van der Waals surface area contributed by atoms with Gasteiger partial charge in [0.1, 0.15) is 5.76 Å². The molecule has 0 aliphatic rings. The Morgan fingerprint density at radius 3 is 2.80 bits per heavy atom. The van der Waals surface area contributed by atoms with Gasteiger partial charge in [-0.1, -0.05) is 0 Å². The smallest absolute Gasteiger partial charge is 0.300 e. The Morgan fingerprint density at radius 2 is 2.15 bits per heavy atom. The minimum absolute atomic E-state index is 0.0130. The van der Waals surface area contributed by atoms with Crippen LogP contribution in [0.25, 0.3) is 0 Å². The van der Waals surface area contributed by atoms with E-state index < -0.39 is 16.4 Å². The third kappa shape index (κ3) is 2.72. The first kappa shape index (κ1) is 13.5. The fourth-order valence-electron chi connectivity index (χ4n) is 1.57. The normalized spacial score (nSPS) is 10.2. The van der Waals surface area contributed by atoms with E-state index in [1.54, 1.807) is 0 Å². The van der Waals surface area contributed by atoms with Crippen molar-refractivity contribution in [3.63, 3.8) is 0 Å². The van der Waals surface area contributed by atoms with Crippen molar-refractivity contribution in [2.24, 2.45) is 5.84 Å². The summed E-state index contributed by atoms with van der Waals surface area (Å²) in [5.41, 5.74) is 1.27. The molecule has 20 heavy (non-hydrogen) atoms. The van der Waals surface area contributed by atoms with Gasteiger partial charge in [-0.05, 0) is 12.1 Å². The maximum absolute atomic E-state index is 11.6. The molecule has 0 unspecified atom stereocenters. The molecule has 9 nitrogen and oxygen atoms in total. The number of hydrazine groups is 1. The molecule has 2 aromatic rings. The van der Waals surface area contributed by atoms with Crippen LogP contribution in [0.3, 0.4) is 0 Å². The summed E-state index contributed by atoms with van der Waals surface area (Å²) in [5, 5.41) is 10.6. The lowest BCUT2D eigenvalue weighted by molar-refractivity contribution is -0.385. The van der Waals surface area contributed by atoms with E-state index in [4.69, 9.17) is 10.3 Å². The first-order valence-corrected chi connectivity index (χ1v) is 5.46. The van der Waals surface area contributed by atoms with E-state index >= 15 is 0 Å². The Kier molecular flexibility index (Phi) is 3.62. The number of furan rings is 1. The summed E-state index contributed by atoms with van der Waals surface area (Å²) in [7, 11) is 0. The molecule has 0 saturated heterocycles. The Labute approximate surface area is 111 Å². The molecular formula is C11H10N4O5. The number of amides is 1. The highest BCUT2D eigenvalue weighted by atomic mass is 16.6. The SMILES string of the molecule is NNC(=O)c1ccc(Cn2cc([N+](=O)[O-])ccc2=O)o1. The third-order valence-electron chi connectivity index (χ3n) is 2.52. The summed E-state index contributed by atoms with van der Waals surface area (Å²) < 4.78 is 6.29. The van der Waals surface area contributed by atoms with Gasteiger partial charge in [-0.2, -0.15) is 0 Å². The van der Waals surface area contributed by atoms with Crippen molar-refractivity contribution < 1.29 is 14.1 Å². The molecule has 3 N–H and O–H groups in total. The van der Waals surface area contributed by atoms with Crippen LogP contribution in [0, 0.1) is 10.1 Å². The molecule has 2 aromatic heterocycles. The highest BCUT2D eigenvalue weighted by Gasteiger charge is 2.12. The molecule has 0 aliphatic carbocycles. The topological polar surface area (TPSA) is 133 Å². The van der Waals surface area contributed by atoms with Gasteiger partial charge in [-0.25, -0.2) is 5.84 Å². The number of carbonyl (C=O) groups excluding carboxylic acids is 1. The zero-order valence-corrected chi connectivity index (χ0v) is 10.1. The Bertz CT molecular complexity index is 718. The van der Waals surface area contributed by atoms with E-state index in [2.05, 4.69) is 0 Å². The molecule has 0 bridgehead atoms. The number of nitrogen functional groups attached to an aromatic ring is 1. The summed E-state index contributed by atoms with van der Waals surface area (Å²) >= 11 is 0. The molecule has 0 saturated carbocycles. The average molecular weight is 278 g/mol. The molecule has 0 aromatic carbocycles. The monoisotopic (exact) mass is 278 g/mol. The van der Waals surface area contributed by atoms with Crippen LogP contribution < -0.4 is 16.8 Å². The first-order valence-electron chi connectivity index (χ1n) is 5.46. The van der Waals surface area contributed by atoms with Crippen molar-refractivity contribution in [3.05, 3.63) is 62.5 Å². The van der Waals surface area contributed by atoms with E-state index in [1.807, 2.05) is 5.43 Å². The van der Waals surface area contributed by atoms with Crippen molar-refractivity contribution >= 4 is 11.6 Å². The van der Waals surface area contributed by atoms with Gasteiger partial charge in [0, 0.05) is 12.1 Å². The van der Waals surface area contributed by atoms with E-state index in [9.17, 15) is 19.7 Å². The van der Waals surface area contributed by atoms with Crippen molar-refractivity contribution in [1.82, 2.24) is 9.99 Å². The van der Waals surface area contributed by atoms with E-state index in [0.717, 1.165) is 22.9 Å². The summed E-state index contributed by atoms with van der Waals surface area (Å²) in [4.78, 5) is 32.8. The lowest BCUT2D eigenvalue weighted by atomic mass is 10.3. The summed E-state index contributed by atoms with van der Waals surface area (Å²) in [6.45, 7) is -0.0294. The second kappa shape index (κ2) is 5.36. The van der Waals surface area contributed by atoms with Crippen LogP contribution in [0.15, 0.2) is 39.7 Å². The van der Waals surface area contributed by atoms with E-state index in [-0.39, 0.29) is 18.0 Å². The van der Waals surface area contributed by atoms with Crippen LogP contribution in [0.5, 0.6) is 0 Å². The zero-order valence-electron chi connectivity index (χ0n) is 10.1. The maximum atomic E-state index is 11.6. The van der Waals surface area contributed by atoms with Gasteiger partial charge in [-0.15, -0.1) is 0 Å². The number of aromatic nitrogens is 1. The van der Waals surface area contributed by atoms with Gasteiger partial charge in [0.15, 0.2) is 5.76 Å². The third-order valence-corrected chi connectivity index (χ3v) is 2.52. The number of nitro groups is 1. The van der Waals surface area contributed by atoms with Crippen LogP contribution in [0.1, 0.15) is 16.3 Å². The maximum Gasteiger partial charge on any atom is 0.300 e. The highest BCUT2D eigenvalue weighted by molar-refractivity contribution is 5.90. The largest absolute Gasteiger partial charge is 0.454 e. The molecule has 0 fully saturated rings. The number of rotatable bonds is 4. The number of carbonyl (C=O) groups is 1. The van der Waals surface area contributed by atoms with Gasteiger partial charge < -0.3 is 8.98 Å². The Hall–Kier alpha value is -2.94. The molecule has 0 atom stereocenters. The molecule has 9 heteroatoms. The zero-order chi connectivity index (χ0) is 14.7. The number of nitrogens with zero attached hydrogens (tertiary/aromatic N) is 2. The van der Waals surface area contributed by atoms with Gasteiger partial charge in [-0.3, -0.25) is 25.1 Å². The number of hydrogen-bond acceptors (Lipinski definition) is 6. The first-order chi connectivity index (χ1) is 9.51. The van der Waals surface area contributed by atoms with Crippen molar-refractivity contribution in [2.45, 2.75) is 6.54 Å². The fraction of sp³-hybridized carbons (Fsp3) is 0.0909. The quantitative estimate of drug-likeness (QED) is 0.350. The number of hydrogen-bond donors (Lipinski definition) is 2. The molecule has 0 spiro atoms. The van der Waals surface area contributed by atoms with Crippen molar-refractivity contribution in [2.75, 3.05) is 0 Å². The van der Waals surface area contributed by atoms with Gasteiger partial charge in [0.2, 0.25) is 0 Å². The summed E-state index contributed by atoms with van der Waals surface area (Å²) in [6.07, 6.45) is 1.10. The predicted octanol–water partition coefficient (Wildman–Crippen LogP) is 0.00130. The number of pyridine rings is 1. The molecular weight excluding hydrogens is 268 g/mol. The lowest BCUT2D eigenvalue weighted by Gasteiger charge is -2.02. The van der Waals surface area contributed by atoms with Crippen molar-refractivity contribution in [1.29, 1.82) is 0 Å². The number of nitrogens with one attached hydrogen (secondary N) is 1. The van der Waals surface area contributed by atoms with E-state index in [1.165, 1.54) is 12.1 Å². The minimum atomic E-state index is -0.609. The van der Waals surface area contributed by atoms with Gasteiger partial charge in [0.05, 0.1) is 17.7 Å². The molecule has 104 valence electrons. The van der Waals surface area contributed by atoms with Crippen molar-refractivity contribution in [3.8, 4) is 0 Å². The standard InChI is InChI=1S/C11H10N4O5/c12-13-11(17)9-3-2-8(20-9)6-14-5-7(15(18)19)1-4-10(14)16/h1-5H,6,12H2,(H,13,17). The van der Waals surface area contributed by atoms with Gasteiger partial charge in [0.25, 0.3) is 11.2 Å². The summed E-state index contributed by atoms with van der Waals surface area (Å²) in [6, 6.07) is 5.08. The second-order valence-electron chi connectivity index (χ2n) is 3.85.